The van der Waals surface area contributed by atoms with E-state index in [0.717, 1.165) is 17.1 Å². The predicted molar refractivity (Wildman–Crippen MR) is 210 cm³/mol. The SMILES string of the molecule is c1ccc(-c2ccc(-c3ccc(N(c4ccccc4-c4ccccc4)c4cccc5ccc6c7ccccc7ccc6c45)cc3)cc2)cc1. The van der Waals surface area contributed by atoms with Crippen LogP contribution in [0.1, 0.15) is 0 Å². The molecule has 1 heteroatoms. The third kappa shape index (κ3) is 5.23. The second-order valence-electron chi connectivity index (χ2n) is 12.5. The van der Waals surface area contributed by atoms with Gasteiger partial charge >= 0.3 is 0 Å². The lowest BCUT2D eigenvalue weighted by Gasteiger charge is -2.29. The monoisotopic (exact) mass is 623 g/mol. The van der Waals surface area contributed by atoms with Crippen LogP contribution in [-0.4, -0.2) is 0 Å². The first kappa shape index (κ1) is 28.8. The van der Waals surface area contributed by atoms with Crippen LogP contribution in [0.5, 0.6) is 0 Å². The molecule has 9 aromatic rings. The summed E-state index contributed by atoms with van der Waals surface area (Å²) in [5.74, 6) is 0. The fourth-order valence-corrected chi connectivity index (χ4v) is 7.27. The van der Waals surface area contributed by atoms with E-state index in [1.54, 1.807) is 0 Å². The summed E-state index contributed by atoms with van der Waals surface area (Å²) in [5, 5.41) is 7.51. The fourth-order valence-electron chi connectivity index (χ4n) is 7.27. The summed E-state index contributed by atoms with van der Waals surface area (Å²) in [4.78, 5) is 2.45. The number of hydrogen-bond donors (Lipinski definition) is 0. The van der Waals surface area contributed by atoms with E-state index in [4.69, 9.17) is 0 Å². The molecule has 0 heterocycles. The van der Waals surface area contributed by atoms with Crippen molar-refractivity contribution in [2.45, 2.75) is 0 Å². The molecule has 0 fully saturated rings. The van der Waals surface area contributed by atoms with Gasteiger partial charge in [-0.3, -0.25) is 0 Å². The van der Waals surface area contributed by atoms with Gasteiger partial charge in [0.05, 0.1) is 11.4 Å². The molecule has 1 nitrogen and oxygen atoms in total. The minimum Gasteiger partial charge on any atom is -0.309 e. The first-order valence-corrected chi connectivity index (χ1v) is 16.9. The van der Waals surface area contributed by atoms with Crippen molar-refractivity contribution in [3.8, 4) is 33.4 Å². The molecule has 0 bridgehead atoms. The van der Waals surface area contributed by atoms with Crippen molar-refractivity contribution in [1.29, 1.82) is 0 Å². The zero-order valence-electron chi connectivity index (χ0n) is 27.0. The number of rotatable bonds is 6. The van der Waals surface area contributed by atoms with Crippen LogP contribution in [0, 0.1) is 0 Å². The molecule has 0 saturated carbocycles. The minimum absolute atomic E-state index is 1.11. The Hall–Kier alpha value is -6.44. The van der Waals surface area contributed by atoms with Gasteiger partial charge in [0.15, 0.2) is 0 Å². The first-order chi connectivity index (χ1) is 24.3. The quantitative estimate of drug-likeness (QED) is 0.167. The van der Waals surface area contributed by atoms with Crippen LogP contribution in [0.3, 0.4) is 0 Å². The number of para-hydroxylation sites is 1. The average molecular weight is 624 g/mol. The van der Waals surface area contributed by atoms with Gasteiger partial charge in [-0.25, -0.2) is 0 Å². The Morgan fingerprint density at radius 2 is 0.776 bits per heavy atom. The van der Waals surface area contributed by atoms with E-state index < -0.39 is 0 Å². The number of hydrogen-bond acceptors (Lipinski definition) is 1. The molecule has 0 aliphatic rings. The van der Waals surface area contributed by atoms with Gasteiger partial charge in [0.2, 0.25) is 0 Å². The number of benzene rings is 9. The molecule has 0 unspecified atom stereocenters. The van der Waals surface area contributed by atoms with Crippen molar-refractivity contribution in [2.75, 3.05) is 4.90 Å². The van der Waals surface area contributed by atoms with Crippen LogP contribution < -0.4 is 4.90 Å². The molecule has 0 saturated heterocycles. The second-order valence-corrected chi connectivity index (χ2v) is 12.5. The molecule has 0 aliphatic heterocycles. The highest BCUT2D eigenvalue weighted by Gasteiger charge is 2.20. The predicted octanol–water partition coefficient (Wildman–Crippen LogP) is 13.6. The average Bonchev–Trinajstić information content (AvgIpc) is 3.19. The number of anilines is 3. The van der Waals surface area contributed by atoms with Crippen molar-refractivity contribution >= 4 is 49.4 Å². The first-order valence-electron chi connectivity index (χ1n) is 16.9. The summed E-state index contributed by atoms with van der Waals surface area (Å²) in [6.07, 6.45) is 0. The topological polar surface area (TPSA) is 3.24 Å². The molecule has 0 radical (unpaired) electrons. The summed E-state index contributed by atoms with van der Waals surface area (Å²) < 4.78 is 0. The Morgan fingerprint density at radius 3 is 1.51 bits per heavy atom. The molecular formula is C48H33N. The third-order valence-corrected chi connectivity index (χ3v) is 9.67. The smallest absolute Gasteiger partial charge is 0.0546 e. The van der Waals surface area contributed by atoms with Gasteiger partial charge in [0, 0.05) is 16.6 Å². The highest BCUT2D eigenvalue weighted by Crippen LogP contribution is 2.46. The van der Waals surface area contributed by atoms with Crippen LogP contribution in [0.25, 0.3) is 65.7 Å². The molecule has 0 spiro atoms. The molecule has 0 N–H and O–H groups in total. The Morgan fingerprint density at radius 1 is 0.265 bits per heavy atom. The summed E-state index contributed by atoms with van der Waals surface area (Å²) >= 11 is 0. The molecule has 9 rings (SSSR count). The van der Waals surface area contributed by atoms with Crippen molar-refractivity contribution in [3.63, 3.8) is 0 Å². The van der Waals surface area contributed by atoms with Crippen molar-refractivity contribution in [2.24, 2.45) is 0 Å². The zero-order chi connectivity index (χ0) is 32.6. The highest BCUT2D eigenvalue weighted by atomic mass is 15.1. The van der Waals surface area contributed by atoms with Gasteiger partial charge in [-0.2, -0.15) is 0 Å². The van der Waals surface area contributed by atoms with Crippen LogP contribution in [-0.2, 0) is 0 Å². The van der Waals surface area contributed by atoms with E-state index >= 15 is 0 Å². The molecular weight excluding hydrogens is 591 g/mol. The third-order valence-electron chi connectivity index (χ3n) is 9.67. The summed E-state index contributed by atoms with van der Waals surface area (Å²) in [5.41, 5.74) is 10.6. The molecule has 0 aromatic heterocycles. The Balaban J connectivity index is 1.23. The molecule has 0 aliphatic carbocycles. The van der Waals surface area contributed by atoms with Gasteiger partial charge in [0.25, 0.3) is 0 Å². The summed E-state index contributed by atoms with van der Waals surface area (Å²) in [6, 6.07) is 72.4. The minimum atomic E-state index is 1.11. The van der Waals surface area contributed by atoms with E-state index in [0.29, 0.717) is 0 Å². The van der Waals surface area contributed by atoms with Crippen molar-refractivity contribution in [1.82, 2.24) is 0 Å². The Kier molecular flexibility index (Phi) is 7.22. The normalized spacial score (nSPS) is 11.3. The van der Waals surface area contributed by atoms with E-state index in [-0.39, 0.29) is 0 Å². The zero-order valence-corrected chi connectivity index (χ0v) is 27.0. The van der Waals surface area contributed by atoms with Crippen LogP contribution in [0.4, 0.5) is 17.1 Å². The largest absolute Gasteiger partial charge is 0.309 e. The van der Waals surface area contributed by atoms with E-state index in [1.165, 1.54) is 65.7 Å². The van der Waals surface area contributed by atoms with Crippen LogP contribution in [0.2, 0.25) is 0 Å². The van der Waals surface area contributed by atoms with Gasteiger partial charge in [0.1, 0.15) is 0 Å². The maximum Gasteiger partial charge on any atom is 0.0546 e. The number of nitrogens with zero attached hydrogens (tertiary/aromatic N) is 1. The molecule has 9 aromatic carbocycles. The standard InChI is InChI=1S/C48H33N/c1-3-12-34(13-4-1)35-22-24-36(25-23-35)37-26-30-41(31-27-37)49(46-20-10-9-19-43(46)38-14-5-2-6-15-38)47-21-11-17-40-29-32-44-42-18-8-7-16-39(42)28-33-45(44)48(40)47/h1-33H. The van der Waals surface area contributed by atoms with Gasteiger partial charge < -0.3 is 4.90 Å². The maximum atomic E-state index is 2.45. The van der Waals surface area contributed by atoms with E-state index in [2.05, 4.69) is 205 Å². The van der Waals surface area contributed by atoms with Gasteiger partial charge in [-0.05, 0) is 79.0 Å². The second kappa shape index (κ2) is 12.3. The summed E-state index contributed by atoms with van der Waals surface area (Å²) in [7, 11) is 0. The molecule has 49 heavy (non-hydrogen) atoms. The highest BCUT2D eigenvalue weighted by molar-refractivity contribution is 6.21. The lowest BCUT2D eigenvalue weighted by molar-refractivity contribution is 1.30. The maximum absolute atomic E-state index is 2.45. The molecule has 0 amide bonds. The van der Waals surface area contributed by atoms with Gasteiger partial charge in [-0.15, -0.1) is 0 Å². The molecule has 0 atom stereocenters. The number of fused-ring (bicyclic) bond motifs is 5. The summed E-state index contributed by atoms with van der Waals surface area (Å²) in [6.45, 7) is 0. The van der Waals surface area contributed by atoms with Crippen LogP contribution in [0.15, 0.2) is 200 Å². The Bertz CT molecular complexity index is 2570. The fraction of sp³-hybridized carbons (Fsp3) is 0. The Labute approximate surface area is 287 Å². The van der Waals surface area contributed by atoms with Gasteiger partial charge in [-0.1, -0.05) is 176 Å². The van der Waals surface area contributed by atoms with E-state index in [9.17, 15) is 0 Å². The van der Waals surface area contributed by atoms with Crippen molar-refractivity contribution in [3.05, 3.63) is 200 Å². The van der Waals surface area contributed by atoms with Crippen molar-refractivity contribution < 1.29 is 0 Å². The lowest BCUT2D eigenvalue weighted by atomic mass is 9.95. The van der Waals surface area contributed by atoms with E-state index in [1.807, 2.05) is 0 Å². The van der Waals surface area contributed by atoms with Crippen LogP contribution >= 0.6 is 0 Å². The molecule has 230 valence electrons. The lowest BCUT2D eigenvalue weighted by Crippen LogP contribution is -2.12.